The zero-order valence-corrected chi connectivity index (χ0v) is 13.4. The molecular formula is C19H18N2O2. The predicted molar refractivity (Wildman–Crippen MR) is 89.2 cm³/mol. The fourth-order valence-corrected chi connectivity index (χ4v) is 2.93. The smallest absolute Gasteiger partial charge is 0.125 e. The Labute approximate surface area is 135 Å². The lowest BCUT2D eigenvalue weighted by Gasteiger charge is -2.29. The molecule has 0 radical (unpaired) electrons. The monoisotopic (exact) mass is 306 g/mol. The molecule has 3 rings (SSSR count). The normalized spacial score (nSPS) is 15.3. The van der Waals surface area contributed by atoms with Gasteiger partial charge in [0.05, 0.1) is 30.0 Å². The number of hydrogen-bond donors (Lipinski definition) is 1. The molecule has 2 aromatic rings. The van der Waals surface area contributed by atoms with Crippen LogP contribution in [-0.4, -0.2) is 23.5 Å². The molecule has 0 unspecified atom stereocenters. The van der Waals surface area contributed by atoms with Gasteiger partial charge in [0.2, 0.25) is 0 Å². The van der Waals surface area contributed by atoms with Gasteiger partial charge in [-0.05, 0) is 56.2 Å². The molecule has 4 heteroatoms. The maximum Gasteiger partial charge on any atom is 0.125 e. The molecule has 1 aliphatic heterocycles. The summed E-state index contributed by atoms with van der Waals surface area (Å²) in [6, 6.07) is 12.8. The summed E-state index contributed by atoms with van der Waals surface area (Å²) in [6.07, 6.45) is 0.814. The maximum atomic E-state index is 10.3. The minimum atomic E-state index is -0.272. The zero-order chi connectivity index (χ0) is 16.6. The van der Waals surface area contributed by atoms with Crippen molar-refractivity contribution in [2.45, 2.75) is 25.8 Å². The highest BCUT2D eigenvalue weighted by atomic mass is 16.5. The Kier molecular flexibility index (Phi) is 3.57. The Hall–Kier alpha value is -2.80. The number of hydrogen-bond acceptors (Lipinski definition) is 4. The lowest BCUT2D eigenvalue weighted by Crippen LogP contribution is -2.29. The first-order valence-corrected chi connectivity index (χ1v) is 7.44. The van der Waals surface area contributed by atoms with Crippen molar-refractivity contribution in [2.75, 3.05) is 7.11 Å². The molecule has 2 aromatic carbocycles. The van der Waals surface area contributed by atoms with Crippen LogP contribution in [0.15, 0.2) is 41.4 Å². The summed E-state index contributed by atoms with van der Waals surface area (Å²) in [5.74, 6) is 0.862. The van der Waals surface area contributed by atoms with Crippen LogP contribution in [0.1, 0.15) is 36.1 Å². The maximum absolute atomic E-state index is 10.3. The van der Waals surface area contributed by atoms with Crippen molar-refractivity contribution in [1.82, 2.24) is 0 Å². The van der Waals surface area contributed by atoms with Gasteiger partial charge in [0, 0.05) is 11.1 Å². The number of nitriles is 1. The van der Waals surface area contributed by atoms with Crippen LogP contribution in [0.5, 0.6) is 11.5 Å². The number of fused-ring (bicyclic) bond motifs is 1. The minimum absolute atomic E-state index is 0.120. The van der Waals surface area contributed by atoms with Crippen molar-refractivity contribution in [2.24, 2.45) is 4.99 Å². The van der Waals surface area contributed by atoms with Gasteiger partial charge in [-0.1, -0.05) is 6.07 Å². The van der Waals surface area contributed by atoms with Crippen molar-refractivity contribution >= 4 is 5.71 Å². The summed E-state index contributed by atoms with van der Waals surface area (Å²) in [5, 5.41) is 19.4. The molecule has 0 aliphatic carbocycles. The summed E-state index contributed by atoms with van der Waals surface area (Å²) in [4.78, 5) is 4.83. The molecule has 0 fully saturated rings. The molecule has 23 heavy (non-hydrogen) atoms. The molecular weight excluding hydrogens is 288 g/mol. The summed E-state index contributed by atoms with van der Waals surface area (Å²) in [6.45, 7) is 4.12. The van der Waals surface area contributed by atoms with Crippen molar-refractivity contribution < 1.29 is 9.84 Å². The number of aliphatic imine (C=N–C) groups is 1. The molecule has 0 aromatic heterocycles. The Morgan fingerprint density at radius 2 is 1.96 bits per heavy atom. The number of aromatic hydroxyl groups is 1. The van der Waals surface area contributed by atoms with Crippen LogP contribution in [0.25, 0.3) is 0 Å². The quantitative estimate of drug-likeness (QED) is 0.924. The summed E-state index contributed by atoms with van der Waals surface area (Å²) < 4.78 is 5.32. The first-order chi connectivity index (χ1) is 10.9. The lowest BCUT2D eigenvalue weighted by atomic mass is 9.84. The average molecular weight is 306 g/mol. The largest absolute Gasteiger partial charge is 0.507 e. The number of ether oxygens (including phenoxy) is 1. The molecule has 1 N–H and O–H groups in total. The molecule has 0 amide bonds. The number of benzene rings is 2. The van der Waals surface area contributed by atoms with E-state index in [4.69, 9.17) is 15.0 Å². The third kappa shape index (κ3) is 2.78. The van der Waals surface area contributed by atoms with Gasteiger partial charge >= 0.3 is 0 Å². The van der Waals surface area contributed by atoms with Gasteiger partial charge in [0.1, 0.15) is 11.5 Å². The van der Waals surface area contributed by atoms with Crippen molar-refractivity contribution in [3.05, 3.63) is 58.7 Å². The van der Waals surface area contributed by atoms with Gasteiger partial charge in [-0.3, -0.25) is 4.99 Å². The van der Waals surface area contributed by atoms with Gasteiger partial charge in [0.25, 0.3) is 0 Å². The number of rotatable bonds is 2. The number of nitrogens with zero attached hydrogens (tertiary/aromatic N) is 2. The number of phenols is 1. The topological polar surface area (TPSA) is 65.6 Å². The third-order valence-electron chi connectivity index (χ3n) is 3.99. The summed E-state index contributed by atoms with van der Waals surface area (Å²) in [5.41, 5.74) is 3.59. The van der Waals surface area contributed by atoms with E-state index in [1.54, 1.807) is 19.2 Å². The molecule has 0 bridgehead atoms. The highest BCUT2D eigenvalue weighted by Crippen LogP contribution is 2.34. The standard InChI is InChI=1S/C19H18N2O2/c1-19(2)10-13-5-6-14(23-3)9-15(13)18(21-19)16-8-12(11-20)4-7-17(16)22/h4-9,22H,10H2,1-3H3. The van der Waals surface area contributed by atoms with Crippen molar-refractivity contribution in [3.8, 4) is 17.6 Å². The fourth-order valence-electron chi connectivity index (χ4n) is 2.93. The van der Waals surface area contributed by atoms with Crippen molar-refractivity contribution in [3.63, 3.8) is 0 Å². The minimum Gasteiger partial charge on any atom is -0.507 e. The van der Waals surface area contributed by atoms with E-state index in [0.717, 1.165) is 23.3 Å². The van der Waals surface area contributed by atoms with E-state index in [9.17, 15) is 5.11 Å². The first-order valence-electron chi connectivity index (χ1n) is 7.44. The van der Waals surface area contributed by atoms with E-state index < -0.39 is 0 Å². The van der Waals surface area contributed by atoms with E-state index in [-0.39, 0.29) is 11.3 Å². The van der Waals surface area contributed by atoms with E-state index in [2.05, 4.69) is 19.9 Å². The van der Waals surface area contributed by atoms with Crippen LogP contribution in [0.4, 0.5) is 0 Å². The molecule has 1 heterocycles. The van der Waals surface area contributed by atoms with Crippen LogP contribution >= 0.6 is 0 Å². The summed E-state index contributed by atoms with van der Waals surface area (Å²) in [7, 11) is 1.62. The Bertz CT molecular complexity index is 845. The van der Waals surface area contributed by atoms with Crippen LogP contribution in [0.2, 0.25) is 0 Å². The number of methoxy groups -OCH3 is 1. The first kappa shape index (κ1) is 15.1. The molecule has 1 aliphatic rings. The Morgan fingerprint density at radius 3 is 2.65 bits per heavy atom. The number of phenolic OH excluding ortho intramolecular Hbond substituents is 1. The van der Waals surface area contributed by atoms with Crippen LogP contribution < -0.4 is 4.74 Å². The Balaban J connectivity index is 2.25. The van der Waals surface area contributed by atoms with Crippen molar-refractivity contribution in [1.29, 1.82) is 5.26 Å². The van der Waals surface area contributed by atoms with E-state index in [1.807, 2.05) is 18.2 Å². The zero-order valence-electron chi connectivity index (χ0n) is 13.4. The van der Waals surface area contributed by atoms with Crippen LogP contribution in [0, 0.1) is 11.3 Å². The molecule has 4 nitrogen and oxygen atoms in total. The van der Waals surface area contributed by atoms with Crippen LogP contribution in [0.3, 0.4) is 0 Å². The fraction of sp³-hybridized carbons (Fsp3) is 0.263. The van der Waals surface area contributed by atoms with Gasteiger partial charge in [-0.2, -0.15) is 5.26 Å². The van der Waals surface area contributed by atoms with E-state index in [1.165, 1.54) is 6.07 Å². The molecule has 0 saturated heterocycles. The summed E-state index contributed by atoms with van der Waals surface area (Å²) >= 11 is 0. The second-order valence-electron chi connectivity index (χ2n) is 6.32. The van der Waals surface area contributed by atoms with E-state index in [0.29, 0.717) is 16.8 Å². The lowest BCUT2D eigenvalue weighted by molar-refractivity contribution is 0.414. The molecule has 116 valence electrons. The van der Waals surface area contributed by atoms with Gasteiger partial charge < -0.3 is 9.84 Å². The van der Waals surface area contributed by atoms with Gasteiger partial charge in [-0.25, -0.2) is 0 Å². The van der Waals surface area contributed by atoms with Crippen LogP contribution in [-0.2, 0) is 6.42 Å². The third-order valence-corrected chi connectivity index (χ3v) is 3.99. The molecule has 0 spiro atoms. The molecule has 0 atom stereocenters. The van der Waals surface area contributed by atoms with E-state index >= 15 is 0 Å². The Morgan fingerprint density at radius 1 is 1.17 bits per heavy atom. The van der Waals surface area contributed by atoms with Gasteiger partial charge in [0.15, 0.2) is 0 Å². The second-order valence-corrected chi connectivity index (χ2v) is 6.32. The second kappa shape index (κ2) is 5.44. The highest BCUT2D eigenvalue weighted by molar-refractivity contribution is 6.16. The SMILES string of the molecule is COc1ccc2c(c1)C(c1cc(C#N)ccc1O)=NC(C)(C)C2. The highest BCUT2D eigenvalue weighted by Gasteiger charge is 2.29. The predicted octanol–water partition coefficient (Wildman–Crippen LogP) is 3.44. The average Bonchev–Trinajstić information content (AvgIpc) is 2.53. The van der Waals surface area contributed by atoms with Gasteiger partial charge in [-0.15, -0.1) is 0 Å². The molecule has 0 saturated carbocycles.